The van der Waals surface area contributed by atoms with E-state index >= 15 is 0 Å². The standard InChI is InChI=1S/C13H7Cl2FO2/c14-8-2-3-9(12(16)6-8)7-1-4-11(15)10(5-7)13(17)18/h1-6H,(H,17,18). The summed E-state index contributed by atoms with van der Waals surface area (Å²) < 4.78 is 13.7. The topological polar surface area (TPSA) is 37.3 Å². The highest BCUT2D eigenvalue weighted by Gasteiger charge is 2.12. The maximum Gasteiger partial charge on any atom is 0.337 e. The zero-order valence-corrected chi connectivity index (χ0v) is 10.5. The van der Waals surface area contributed by atoms with Gasteiger partial charge in [-0.1, -0.05) is 29.3 Å². The number of hydrogen-bond donors (Lipinski definition) is 1. The van der Waals surface area contributed by atoms with Crippen molar-refractivity contribution in [2.75, 3.05) is 0 Å². The van der Waals surface area contributed by atoms with Crippen molar-refractivity contribution >= 4 is 29.2 Å². The zero-order valence-electron chi connectivity index (χ0n) is 8.95. The lowest BCUT2D eigenvalue weighted by atomic mass is 10.0. The molecule has 2 aromatic carbocycles. The number of carboxylic acid groups (broad SMARTS) is 1. The van der Waals surface area contributed by atoms with Crippen LogP contribution in [-0.4, -0.2) is 11.1 Å². The van der Waals surface area contributed by atoms with Crippen molar-refractivity contribution in [1.82, 2.24) is 0 Å². The number of aromatic carboxylic acids is 1. The number of halogens is 3. The Morgan fingerprint density at radius 2 is 1.83 bits per heavy atom. The zero-order chi connectivity index (χ0) is 13.3. The molecule has 0 saturated heterocycles. The van der Waals surface area contributed by atoms with Gasteiger partial charge in [0.15, 0.2) is 0 Å². The second kappa shape index (κ2) is 4.96. The SMILES string of the molecule is O=C(O)c1cc(-c2ccc(Cl)cc2F)ccc1Cl. The predicted molar refractivity (Wildman–Crippen MR) is 68.8 cm³/mol. The van der Waals surface area contributed by atoms with E-state index in [4.69, 9.17) is 28.3 Å². The van der Waals surface area contributed by atoms with E-state index in [9.17, 15) is 9.18 Å². The van der Waals surface area contributed by atoms with E-state index in [1.165, 1.54) is 30.3 Å². The van der Waals surface area contributed by atoms with Crippen LogP contribution < -0.4 is 0 Å². The summed E-state index contributed by atoms with van der Waals surface area (Å²) in [5.74, 6) is -1.67. The van der Waals surface area contributed by atoms with Crippen molar-refractivity contribution in [3.63, 3.8) is 0 Å². The minimum Gasteiger partial charge on any atom is -0.478 e. The molecular formula is C13H7Cl2FO2. The Kier molecular flexibility index (Phi) is 3.55. The molecule has 2 nitrogen and oxygen atoms in total. The lowest BCUT2D eigenvalue weighted by Crippen LogP contribution is -1.98. The molecule has 0 aliphatic carbocycles. The van der Waals surface area contributed by atoms with Gasteiger partial charge in [-0.2, -0.15) is 0 Å². The third kappa shape index (κ3) is 2.47. The molecule has 2 aromatic rings. The second-order valence-electron chi connectivity index (χ2n) is 3.62. The van der Waals surface area contributed by atoms with Gasteiger partial charge in [-0.25, -0.2) is 9.18 Å². The maximum atomic E-state index is 13.7. The molecular weight excluding hydrogens is 278 g/mol. The Labute approximate surface area is 113 Å². The van der Waals surface area contributed by atoms with Crippen LogP contribution in [-0.2, 0) is 0 Å². The molecule has 0 amide bonds. The minimum absolute atomic E-state index is 0.0662. The summed E-state index contributed by atoms with van der Waals surface area (Å²) in [5.41, 5.74) is 0.646. The molecule has 1 N–H and O–H groups in total. The average molecular weight is 285 g/mol. The predicted octanol–water partition coefficient (Wildman–Crippen LogP) is 4.50. The van der Waals surface area contributed by atoms with Gasteiger partial charge in [-0.15, -0.1) is 0 Å². The smallest absolute Gasteiger partial charge is 0.337 e. The van der Waals surface area contributed by atoms with Crippen LogP contribution in [0.5, 0.6) is 0 Å². The van der Waals surface area contributed by atoms with Gasteiger partial charge in [0.25, 0.3) is 0 Å². The molecule has 0 bridgehead atoms. The molecule has 5 heteroatoms. The third-order valence-corrected chi connectivity index (χ3v) is 3.00. The van der Waals surface area contributed by atoms with Crippen LogP contribution in [0.15, 0.2) is 36.4 Å². The summed E-state index contributed by atoms with van der Waals surface area (Å²) in [6, 6.07) is 8.51. The van der Waals surface area contributed by atoms with Gasteiger partial charge in [0.05, 0.1) is 10.6 Å². The van der Waals surface area contributed by atoms with E-state index in [2.05, 4.69) is 0 Å². The molecule has 18 heavy (non-hydrogen) atoms. The lowest BCUT2D eigenvalue weighted by Gasteiger charge is -2.06. The van der Waals surface area contributed by atoms with Crippen LogP contribution in [0.1, 0.15) is 10.4 Å². The fourth-order valence-corrected chi connectivity index (χ4v) is 1.94. The summed E-state index contributed by atoms with van der Waals surface area (Å²) >= 11 is 11.4. The molecule has 0 radical (unpaired) electrons. The third-order valence-electron chi connectivity index (χ3n) is 2.44. The van der Waals surface area contributed by atoms with Crippen molar-refractivity contribution in [2.45, 2.75) is 0 Å². The Morgan fingerprint density at radius 1 is 1.11 bits per heavy atom. The fourth-order valence-electron chi connectivity index (χ4n) is 1.58. The van der Waals surface area contributed by atoms with E-state index in [-0.39, 0.29) is 21.2 Å². The number of rotatable bonds is 2. The van der Waals surface area contributed by atoms with Crippen LogP contribution in [0.25, 0.3) is 11.1 Å². The van der Waals surface area contributed by atoms with Gasteiger partial charge >= 0.3 is 5.97 Å². The van der Waals surface area contributed by atoms with Gasteiger partial charge < -0.3 is 5.11 Å². The average Bonchev–Trinajstić information content (AvgIpc) is 2.30. The molecule has 0 aromatic heterocycles. The van der Waals surface area contributed by atoms with Crippen molar-refractivity contribution < 1.29 is 14.3 Å². The van der Waals surface area contributed by atoms with Crippen molar-refractivity contribution in [3.05, 3.63) is 57.8 Å². The Hall–Kier alpha value is -1.58. The first kappa shape index (κ1) is 12.9. The quantitative estimate of drug-likeness (QED) is 0.882. The molecule has 2 rings (SSSR count). The van der Waals surface area contributed by atoms with E-state index in [0.717, 1.165) is 0 Å². The first-order valence-electron chi connectivity index (χ1n) is 4.97. The van der Waals surface area contributed by atoms with E-state index in [1.807, 2.05) is 0 Å². The van der Waals surface area contributed by atoms with Gasteiger partial charge in [0.1, 0.15) is 5.82 Å². The highest BCUT2D eigenvalue weighted by molar-refractivity contribution is 6.33. The molecule has 0 fully saturated rings. The van der Waals surface area contributed by atoms with E-state index in [1.54, 1.807) is 6.07 Å². The Balaban J connectivity index is 2.58. The van der Waals surface area contributed by atoms with Crippen molar-refractivity contribution in [2.24, 2.45) is 0 Å². The first-order valence-corrected chi connectivity index (χ1v) is 5.73. The largest absolute Gasteiger partial charge is 0.478 e. The molecule has 0 aliphatic rings. The molecule has 0 saturated carbocycles. The normalized spacial score (nSPS) is 10.4. The summed E-state index contributed by atoms with van der Waals surface area (Å²) in [7, 11) is 0. The van der Waals surface area contributed by atoms with Gasteiger partial charge in [-0.05, 0) is 35.9 Å². The van der Waals surface area contributed by atoms with Crippen LogP contribution in [0.3, 0.4) is 0 Å². The highest BCUT2D eigenvalue weighted by atomic mass is 35.5. The Morgan fingerprint density at radius 3 is 2.44 bits per heavy atom. The number of hydrogen-bond acceptors (Lipinski definition) is 1. The van der Waals surface area contributed by atoms with Crippen LogP contribution in [0, 0.1) is 5.82 Å². The van der Waals surface area contributed by atoms with Gasteiger partial charge in [-0.3, -0.25) is 0 Å². The molecule has 0 unspecified atom stereocenters. The maximum absolute atomic E-state index is 13.7. The van der Waals surface area contributed by atoms with Crippen LogP contribution >= 0.6 is 23.2 Å². The molecule has 0 heterocycles. The number of carbonyl (C=O) groups is 1. The van der Waals surface area contributed by atoms with Crippen molar-refractivity contribution in [1.29, 1.82) is 0 Å². The molecule has 0 aliphatic heterocycles. The van der Waals surface area contributed by atoms with Crippen molar-refractivity contribution in [3.8, 4) is 11.1 Å². The minimum atomic E-state index is -1.16. The van der Waals surface area contributed by atoms with Gasteiger partial charge in [0.2, 0.25) is 0 Å². The number of benzene rings is 2. The summed E-state index contributed by atoms with van der Waals surface area (Å²) in [6.07, 6.45) is 0. The number of carboxylic acids is 1. The lowest BCUT2D eigenvalue weighted by molar-refractivity contribution is 0.0697. The first-order chi connectivity index (χ1) is 8.49. The summed E-state index contributed by atoms with van der Waals surface area (Å²) in [4.78, 5) is 10.9. The van der Waals surface area contributed by atoms with Gasteiger partial charge in [0, 0.05) is 10.6 Å². The summed E-state index contributed by atoms with van der Waals surface area (Å²) in [5, 5.41) is 9.34. The van der Waals surface area contributed by atoms with Crippen LogP contribution in [0.2, 0.25) is 10.0 Å². The van der Waals surface area contributed by atoms with E-state index < -0.39 is 11.8 Å². The Bertz CT molecular complexity index is 626. The second-order valence-corrected chi connectivity index (χ2v) is 4.47. The molecule has 0 spiro atoms. The molecule has 92 valence electrons. The highest BCUT2D eigenvalue weighted by Crippen LogP contribution is 2.28. The summed E-state index contributed by atoms with van der Waals surface area (Å²) in [6.45, 7) is 0. The van der Waals surface area contributed by atoms with E-state index in [0.29, 0.717) is 5.56 Å². The molecule has 0 atom stereocenters. The fraction of sp³-hybridized carbons (Fsp3) is 0. The monoisotopic (exact) mass is 284 g/mol. The van der Waals surface area contributed by atoms with Crippen LogP contribution in [0.4, 0.5) is 4.39 Å².